The van der Waals surface area contributed by atoms with Crippen molar-refractivity contribution in [3.63, 3.8) is 0 Å². The van der Waals surface area contributed by atoms with Crippen molar-refractivity contribution in [1.82, 2.24) is 24.6 Å². The maximum Gasteiger partial charge on any atom is 0.274 e. The molecule has 0 unspecified atom stereocenters. The molecule has 0 N–H and O–H groups in total. The Bertz CT molecular complexity index is 894. The van der Waals surface area contributed by atoms with Gasteiger partial charge < -0.3 is 4.90 Å². The minimum absolute atomic E-state index is 0.120. The van der Waals surface area contributed by atoms with Crippen molar-refractivity contribution in [3.8, 4) is 0 Å². The molecule has 1 aliphatic carbocycles. The van der Waals surface area contributed by atoms with Crippen molar-refractivity contribution >= 4 is 17.2 Å². The summed E-state index contributed by atoms with van der Waals surface area (Å²) in [4.78, 5) is 22.5. The first-order valence-electron chi connectivity index (χ1n) is 11.2. The molecule has 1 fully saturated rings. The molecule has 1 amide bonds. The zero-order chi connectivity index (χ0) is 21.1. The number of carbonyl (C=O) groups excluding carboxylic acids is 1. The van der Waals surface area contributed by atoms with Crippen LogP contribution in [-0.4, -0.2) is 56.7 Å². The van der Waals surface area contributed by atoms with Crippen LogP contribution in [0.25, 0.3) is 0 Å². The Morgan fingerprint density at radius 2 is 2.10 bits per heavy atom. The number of aromatic nitrogens is 3. The van der Waals surface area contributed by atoms with Gasteiger partial charge in [-0.1, -0.05) is 18.9 Å². The molecule has 0 saturated carbocycles. The van der Waals surface area contributed by atoms with Crippen LogP contribution in [0.4, 0.5) is 0 Å². The van der Waals surface area contributed by atoms with Crippen LogP contribution in [-0.2, 0) is 25.9 Å². The number of hydrogen-bond acceptors (Lipinski definition) is 5. The van der Waals surface area contributed by atoms with Gasteiger partial charge in [0.25, 0.3) is 5.91 Å². The Morgan fingerprint density at radius 3 is 2.77 bits per heavy atom. The van der Waals surface area contributed by atoms with Gasteiger partial charge in [0, 0.05) is 42.3 Å². The molecule has 1 aliphatic heterocycles. The molecule has 0 aromatic carbocycles. The summed E-state index contributed by atoms with van der Waals surface area (Å²) < 4.78 is 2.01. The van der Waals surface area contributed by atoms with Gasteiger partial charge in [-0.05, 0) is 46.1 Å². The average Bonchev–Trinajstić information content (AvgIpc) is 3.19. The molecule has 3 heterocycles. The average molecular weight is 428 g/mol. The van der Waals surface area contributed by atoms with Gasteiger partial charge in [0.2, 0.25) is 0 Å². The van der Waals surface area contributed by atoms with E-state index >= 15 is 0 Å². The van der Waals surface area contributed by atoms with Crippen LogP contribution < -0.4 is 0 Å². The summed E-state index contributed by atoms with van der Waals surface area (Å²) in [5.41, 5.74) is 4.19. The molecule has 0 radical (unpaired) electrons. The second-order valence-electron chi connectivity index (χ2n) is 8.62. The molecule has 1 saturated heterocycles. The summed E-state index contributed by atoms with van der Waals surface area (Å²) in [5.74, 6) is 0.120. The van der Waals surface area contributed by atoms with E-state index in [1.807, 2.05) is 15.7 Å². The zero-order valence-corrected chi connectivity index (χ0v) is 19.1. The van der Waals surface area contributed by atoms with E-state index in [1.165, 1.54) is 18.5 Å². The van der Waals surface area contributed by atoms with E-state index in [0.717, 1.165) is 68.0 Å². The third kappa shape index (κ3) is 4.52. The summed E-state index contributed by atoms with van der Waals surface area (Å²) in [5, 5.41) is 8.05. The van der Waals surface area contributed by atoms with Crippen LogP contribution in [0.3, 0.4) is 0 Å². The van der Waals surface area contributed by atoms with E-state index in [2.05, 4.69) is 35.8 Å². The molecule has 0 spiro atoms. The van der Waals surface area contributed by atoms with Crippen LogP contribution in [0.5, 0.6) is 0 Å². The van der Waals surface area contributed by atoms with Crippen LogP contribution in [0.1, 0.15) is 64.6 Å². The SMILES string of the molecule is C=CCn1nc(C(=O)N2CCCCCC2)c2c1CC[C@@H](N(C)Cc1csc(C)n1)C2. The number of thiazole rings is 1. The first-order valence-corrected chi connectivity index (χ1v) is 12.0. The fraction of sp³-hybridized carbons (Fsp3) is 0.609. The van der Waals surface area contributed by atoms with Crippen molar-refractivity contribution in [2.24, 2.45) is 0 Å². The number of carbonyl (C=O) groups is 1. The largest absolute Gasteiger partial charge is 0.337 e. The second-order valence-corrected chi connectivity index (χ2v) is 9.68. The predicted molar refractivity (Wildman–Crippen MR) is 121 cm³/mol. The highest BCUT2D eigenvalue weighted by atomic mass is 32.1. The standard InChI is InChI=1S/C23H33N5OS/c1-4-11-28-21-10-9-19(26(3)15-18-16-30-17(2)24-18)14-20(21)22(25-28)23(29)27-12-7-5-6-8-13-27/h4,16,19H,1,5-15H2,2-3H3/t19-/m1/s1. The number of likely N-dealkylation sites (N-methyl/N-ethyl adjacent to an activating group) is 1. The lowest BCUT2D eigenvalue weighted by Crippen LogP contribution is -2.37. The molecule has 2 aliphatic rings. The molecule has 0 bridgehead atoms. The van der Waals surface area contributed by atoms with E-state index in [4.69, 9.17) is 5.10 Å². The van der Waals surface area contributed by atoms with Crippen molar-refractivity contribution in [3.05, 3.63) is 45.7 Å². The van der Waals surface area contributed by atoms with Crippen LogP contribution >= 0.6 is 11.3 Å². The van der Waals surface area contributed by atoms with Gasteiger partial charge in [-0.25, -0.2) is 4.98 Å². The molecule has 162 valence electrons. The lowest BCUT2D eigenvalue weighted by atomic mass is 9.90. The number of fused-ring (bicyclic) bond motifs is 1. The normalized spacial score (nSPS) is 19.6. The number of amides is 1. The number of likely N-dealkylation sites (tertiary alicyclic amines) is 1. The van der Waals surface area contributed by atoms with Crippen LogP contribution in [0.15, 0.2) is 18.0 Å². The first-order chi connectivity index (χ1) is 14.6. The van der Waals surface area contributed by atoms with Gasteiger partial charge in [0.15, 0.2) is 5.69 Å². The molecule has 2 aromatic rings. The Morgan fingerprint density at radius 1 is 1.33 bits per heavy atom. The van der Waals surface area contributed by atoms with Crippen molar-refractivity contribution < 1.29 is 4.79 Å². The summed E-state index contributed by atoms with van der Waals surface area (Å²) in [6, 6.07) is 0.400. The van der Waals surface area contributed by atoms with Gasteiger partial charge in [-0.15, -0.1) is 17.9 Å². The van der Waals surface area contributed by atoms with Gasteiger partial charge in [-0.3, -0.25) is 14.4 Å². The smallest absolute Gasteiger partial charge is 0.274 e. The van der Waals surface area contributed by atoms with Crippen molar-refractivity contribution in [2.75, 3.05) is 20.1 Å². The van der Waals surface area contributed by atoms with Gasteiger partial charge >= 0.3 is 0 Å². The molecule has 30 heavy (non-hydrogen) atoms. The Labute approximate surface area is 183 Å². The Hall–Kier alpha value is -1.99. The number of aryl methyl sites for hydroxylation is 1. The van der Waals surface area contributed by atoms with E-state index in [-0.39, 0.29) is 5.91 Å². The summed E-state index contributed by atoms with van der Waals surface area (Å²) in [7, 11) is 2.18. The molecular formula is C23H33N5OS. The monoisotopic (exact) mass is 427 g/mol. The Balaban J connectivity index is 1.56. The molecule has 6 nitrogen and oxygen atoms in total. The lowest BCUT2D eigenvalue weighted by Gasteiger charge is -2.31. The Kier molecular flexibility index (Phi) is 6.68. The predicted octanol–water partition coefficient (Wildman–Crippen LogP) is 3.84. The number of nitrogens with zero attached hydrogens (tertiary/aromatic N) is 5. The van der Waals surface area contributed by atoms with Crippen molar-refractivity contribution in [1.29, 1.82) is 0 Å². The van der Waals surface area contributed by atoms with Gasteiger partial charge in [0.05, 0.1) is 17.2 Å². The fourth-order valence-electron chi connectivity index (χ4n) is 4.78. The quantitative estimate of drug-likeness (QED) is 0.658. The maximum atomic E-state index is 13.4. The highest BCUT2D eigenvalue weighted by Gasteiger charge is 2.32. The third-order valence-corrected chi connectivity index (χ3v) is 7.24. The fourth-order valence-corrected chi connectivity index (χ4v) is 5.38. The number of rotatable bonds is 6. The van der Waals surface area contributed by atoms with Gasteiger partial charge in [-0.2, -0.15) is 5.10 Å². The number of allylic oxidation sites excluding steroid dienone is 1. The molecular weight excluding hydrogens is 394 g/mol. The highest BCUT2D eigenvalue weighted by molar-refractivity contribution is 7.09. The lowest BCUT2D eigenvalue weighted by molar-refractivity contribution is 0.0753. The first kappa shape index (κ1) is 21.2. The molecule has 7 heteroatoms. The zero-order valence-electron chi connectivity index (χ0n) is 18.3. The minimum atomic E-state index is 0.120. The second kappa shape index (κ2) is 9.43. The van der Waals surface area contributed by atoms with Gasteiger partial charge in [0.1, 0.15) is 0 Å². The van der Waals surface area contributed by atoms with Crippen molar-refractivity contribution in [2.45, 2.75) is 71.0 Å². The summed E-state index contributed by atoms with van der Waals surface area (Å²) >= 11 is 1.70. The summed E-state index contributed by atoms with van der Waals surface area (Å²) in [6.07, 6.45) is 9.41. The maximum absolute atomic E-state index is 13.4. The minimum Gasteiger partial charge on any atom is -0.337 e. The third-order valence-electron chi connectivity index (χ3n) is 6.42. The van der Waals surface area contributed by atoms with E-state index in [1.54, 1.807) is 11.3 Å². The molecule has 1 atom stereocenters. The van der Waals surface area contributed by atoms with E-state index in [9.17, 15) is 4.79 Å². The van der Waals surface area contributed by atoms with Crippen LogP contribution in [0, 0.1) is 6.92 Å². The topological polar surface area (TPSA) is 54.3 Å². The number of hydrogen-bond donors (Lipinski definition) is 0. The van der Waals surface area contributed by atoms with Crippen LogP contribution in [0.2, 0.25) is 0 Å². The molecule has 4 rings (SSSR count). The highest BCUT2D eigenvalue weighted by Crippen LogP contribution is 2.29. The van der Waals surface area contributed by atoms with E-state index < -0.39 is 0 Å². The molecule has 2 aromatic heterocycles. The summed E-state index contributed by atoms with van der Waals surface area (Å²) in [6.45, 7) is 9.15. The van der Waals surface area contributed by atoms with E-state index in [0.29, 0.717) is 18.3 Å².